The Morgan fingerprint density at radius 3 is 2.88 bits per heavy atom. The maximum Gasteiger partial charge on any atom is 0.220 e. The van der Waals surface area contributed by atoms with Gasteiger partial charge >= 0.3 is 0 Å². The standard InChI is InChI=1S/C13H26N2O2/c1-2-17-9-5-8-13(16)15-10-11-6-3-4-7-12(11)14/h11-12H,2-10,14H2,1H3,(H,15,16). The van der Waals surface area contributed by atoms with Crippen molar-refractivity contribution in [1.82, 2.24) is 5.32 Å². The average Bonchev–Trinajstić information content (AvgIpc) is 2.34. The van der Waals surface area contributed by atoms with Crippen LogP contribution in [0.25, 0.3) is 0 Å². The number of rotatable bonds is 7. The van der Waals surface area contributed by atoms with E-state index in [1.165, 1.54) is 12.8 Å². The van der Waals surface area contributed by atoms with Crippen LogP contribution in [0.1, 0.15) is 45.4 Å². The van der Waals surface area contributed by atoms with Gasteiger partial charge in [-0.1, -0.05) is 12.8 Å². The molecule has 0 saturated heterocycles. The number of carbonyl (C=O) groups excluding carboxylic acids is 1. The topological polar surface area (TPSA) is 64.3 Å². The second-order valence-electron chi connectivity index (χ2n) is 4.81. The fourth-order valence-electron chi connectivity index (χ4n) is 2.30. The van der Waals surface area contributed by atoms with Gasteiger partial charge < -0.3 is 15.8 Å². The number of hydrogen-bond acceptors (Lipinski definition) is 3. The van der Waals surface area contributed by atoms with Crippen LogP contribution < -0.4 is 11.1 Å². The fourth-order valence-corrected chi connectivity index (χ4v) is 2.30. The first-order chi connectivity index (χ1) is 8.24. The van der Waals surface area contributed by atoms with Crippen LogP contribution in [0.5, 0.6) is 0 Å². The molecule has 17 heavy (non-hydrogen) atoms. The number of ether oxygens (including phenoxy) is 1. The molecular weight excluding hydrogens is 216 g/mol. The zero-order valence-electron chi connectivity index (χ0n) is 10.9. The number of amides is 1. The van der Waals surface area contributed by atoms with E-state index in [1.807, 2.05) is 6.92 Å². The molecule has 2 atom stereocenters. The molecule has 1 fully saturated rings. The molecule has 1 aliphatic rings. The second-order valence-corrected chi connectivity index (χ2v) is 4.81. The lowest BCUT2D eigenvalue weighted by Gasteiger charge is -2.28. The van der Waals surface area contributed by atoms with Crippen LogP contribution in [0.4, 0.5) is 0 Å². The number of hydrogen-bond donors (Lipinski definition) is 2. The summed E-state index contributed by atoms with van der Waals surface area (Å²) in [5.41, 5.74) is 6.03. The van der Waals surface area contributed by atoms with Gasteiger partial charge in [-0.05, 0) is 32.1 Å². The van der Waals surface area contributed by atoms with E-state index in [2.05, 4.69) is 5.32 Å². The third kappa shape index (κ3) is 6.03. The first-order valence-corrected chi connectivity index (χ1v) is 6.84. The summed E-state index contributed by atoms with van der Waals surface area (Å²) in [6, 6.07) is 0.271. The molecule has 0 aliphatic heterocycles. The summed E-state index contributed by atoms with van der Waals surface area (Å²) in [7, 11) is 0. The van der Waals surface area contributed by atoms with E-state index in [0.717, 1.165) is 32.4 Å². The molecule has 4 nitrogen and oxygen atoms in total. The highest BCUT2D eigenvalue weighted by Gasteiger charge is 2.21. The summed E-state index contributed by atoms with van der Waals surface area (Å²) in [5.74, 6) is 0.599. The van der Waals surface area contributed by atoms with Crippen LogP contribution in [0.2, 0.25) is 0 Å². The van der Waals surface area contributed by atoms with E-state index in [0.29, 0.717) is 18.9 Å². The summed E-state index contributed by atoms with van der Waals surface area (Å²) in [4.78, 5) is 11.5. The van der Waals surface area contributed by atoms with Gasteiger partial charge in [0, 0.05) is 32.2 Å². The van der Waals surface area contributed by atoms with Gasteiger partial charge in [0.25, 0.3) is 0 Å². The molecule has 1 saturated carbocycles. The van der Waals surface area contributed by atoms with Crippen LogP contribution in [-0.4, -0.2) is 31.7 Å². The van der Waals surface area contributed by atoms with Gasteiger partial charge in [0.2, 0.25) is 5.91 Å². The van der Waals surface area contributed by atoms with Crippen LogP contribution >= 0.6 is 0 Å². The second kappa shape index (κ2) is 8.48. The van der Waals surface area contributed by atoms with Crippen molar-refractivity contribution in [3.63, 3.8) is 0 Å². The Hall–Kier alpha value is -0.610. The van der Waals surface area contributed by atoms with Crippen LogP contribution in [0.15, 0.2) is 0 Å². The molecule has 0 bridgehead atoms. The molecule has 1 aliphatic carbocycles. The van der Waals surface area contributed by atoms with Crippen LogP contribution in [-0.2, 0) is 9.53 Å². The first-order valence-electron chi connectivity index (χ1n) is 6.84. The lowest BCUT2D eigenvalue weighted by molar-refractivity contribution is -0.121. The zero-order chi connectivity index (χ0) is 12.5. The van der Waals surface area contributed by atoms with Crippen LogP contribution in [0.3, 0.4) is 0 Å². The molecule has 1 amide bonds. The summed E-state index contributed by atoms with van der Waals surface area (Å²) in [6.45, 7) is 4.10. The highest BCUT2D eigenvalue weighted by atomic mass is 16.5. The fraction of sp³-hybridized carbons (Fsp3) is 0.923. The molecular formula is C13H26N2O2. The van der Waals surface area contributed by atoms with Gasteiger partial charge in [0.15, 0.2) is 0 Å². The smallest absolute Gasteiger partial charge is 0.220 e. The third-order valence-corrected chi connectivity index (χ3v) is 3.43. The Bertz CT molecular complexity index is 221. The van der Waals surface area contributed by atoms with Crippen molar-refractivity contribution in [1.29, 1.82) is 0 Å². The maximum absolute atomic E-state index is 11.5. The SMILES string of the molecule is CCOCCCC(=O)NCC1CCCCC1N. The molecule has 0 radical (unpaired) electrons. The lowest BCUT2D eigenvalue weighted by atomic mass is 9.85. The van der Waals surface area contributed by atoms with Crippen molar-refractivity contribution in [2.75, 3.05) is 19.8 Å². The molecule has 4 heteroatoms. The normalized spacial score (nSPS) is 24.6. The Labute approximate surface area is 104 Å². The van der Waals surface area contributed by atoms with E-state index in [9.17, 15) is 4.79 Å². The third-order valence-electron chi connectivity index (χ3n) is 3.43. The summed E-state index contributed by atoms with van der Waals surface area (Å²) >= 11 is 0. The predicted molar refractivity (Wildman–Crippen MR) is 68.7 cm³/mol. The molecule has 0 aromatic heterocycles. The van der Waals surface area contributed by atoms with E-state index >= 15 is 0 Å². The monoisotopic (exact) mass is 242 g/mol. The van der Waals surface area contributed by atoms with Gasteiger partial charge in [-0.15, -0.1) is 0 Å². The quantitative estimate of drug-likeness (QED) is 0.664. The first kappa shape index (κ1) is 14.5. The number of carbonyl (C=O) groups is 1. The lowest BCUT2D eigenvalue weighted by Crippen LogP contribution is -2.41. The van der Waals surface area contributed by atoms with Gasteiger partial charge in [0.1, 0.15) is 0 Å². The number of nitrogens with two attached hydrogens (primary N) is 1. The van der Waals surface area contributed by atoms with Crippen molar-refractivity contribution in [2.45, 2.75) is 51.5 Å². The molecule has 3 N–H and O–H groups in total. The minimum absolute atomic E-state index is 0.127. The van der Waals surface area contributed by atoms with Gasteiger partial charge in [-0.25, -0.2) is 0 Å². The molecule has 1 rings (SSSR count). The summed E-state index contributed by atoms with van der Waals surface area (Å²) in [5, 5.41) is 2.99. The highest BCUT2D eigenvalue weighted by Crippen LogP contribution is 2.22. The van der Waals surface area contributed by atoms with E-state index in [1.54, 1.807) is 0 Å². The van der Waals surface area contributed by atoms with Crippen molar-refractivity contribution in [3.8, 4) is 0 Å². The Morgan fingerprint density at radius 2 is 2.18 bits per heavy atom. The predicted octanol–water partition coefficient (Wildman–Crippen LogP) is 1.44. The molecule has 100 valence electrons. The van der Waals surface area contributed by atoms with Crippen molar-refractivity contribution >= 4 is 5.91 Å². The largest absolute Gasteiger partial charge is 0.382 e. The summed E-state index contributed by atoms with van der Waals surface area (Å²) in [6.07, 6.45) is 6.10. The minimum atomic E-state index is 0.127. The van der Waals surface area contributed by atoms with Crippen LogP contribution in [0, 0.1) is 5.92 Å². The van der Waals surface area contributed by atoms with E-state index in [-0.39, 0.29) is 11.9 Å². The maximum atomic E-state index is 11.5. The van der Waals surface area contributed by atoms with Crippen molar-refractivity contribution in [3.05, 3.63) is 0 Å². The molecule has 2 unspecified atom stereocenters. The zero-order valence-corrected chi connectivity index (χ0v) is 10.9. The molecule has 0 spiro atoms. The minimum Gasteiger partial charge on any atom is -0.382 e. The van der Waals surface area contributed by atoms with E-state index in [4.69, 9.17) is 10.5 Å². The highest BCUT2D eigenvalue weighted by molar-refractivity contribution is 5.75. The molecule has 0 aromatic carbocycles. The van der Waals surface area contributed by atoms with Gasteiger partial charge in [0.05, 0.1) is 0 Å². The Balaban J connectivity index is 2.06. The average molecular weight is 242 g/mol. The van der Waals surface area contributed by atoms with Crippen molar-refractivity contribution in [2.24, 2.45) is 11.7 Å². The molecule has 0 aromatic rings. The summed E-state index contributed by atoms with van der Waals surface area (Å²) < 4.78 is 5.20. The number of nitrogens with one attached hydrogen (secondary N) is 1. The van der Waals surface area contributed by atoms with Crippen molar-refractivity contribution < 1.29 is 9.53 Å². The van der Waals surface area contributed by atoms with Gasteiger partial charge in [-0.3, -0.25) is 4.79 Å². The molecule has 0 heterocycles. The van der Waals surface area contributed by atoms with Gasteiger partial charge in [-0.2, -0.15) is 0 Å². The van der Waals surface area contributed by atoms with E-state index < -0.39 is 0 Å². The Kier molecular flexibility index (Phi) is 7.21. The Morgan fingerprint density at radius 1 is 1.41 bits per heavy atom.